The molecule has 344 valence electrons. The first-order valence-corrected chi connectivity index (χ1v) is 21.5. The number of esters is 1. The molecular formula is C49H62N4O11. The first-order valence-electron chi connectivity index (χ1n) is 21.5. The highest BCUT2D eigenvalue weighted by atomic mass is 16.6. The third-order valence-electron chi connectivity index (χ3n) is 10.3. The van der Waals surface area contributed by atoms with Crippen molar-refractivity contribution in [3.63, 3.8) is 0 Å². The molecule has 0 radical (unpaired) electrons. The van der Waals surface area contributed by atoms with Crippen molar-refractivity contribution in [2.45, 2.75) is 103 Å². The lowest BCUT2D eigenvalue weighted by atomic mass is 9.97. The van der Waals surface area contributed by atoms with Crippen LogP contribution in [0.15, 0.2) is 121 Å². The number of hydrogen-bond acceptors (Lipinski definition) is 11. The van der Waals surface area contributed by atoms with Gasteiger partial charge in [0.05, 0.1) is 25.1 Å². The first kappa shape index (κ1) is 50.5. The molecule has 0 bridgehead atoms. The van der Waals surface area contributed by atoms with Crippen LogP contribution in [0.2, 0.25) is 0 Å². The van der Waals surface area contributed by atoms with Crippen molar-refractivity contribution in [2.24, 2.45) is 11.8 Å². The first-order chi connectivity index (χ1) is 30.7. The standard InChI is InChI=1S/C49H62N4O11/c1-6-62-30-39(52-46(58)38(27-31(2)3)51-47(59)41(32(4)5)53-49(61)63-29-33-19-11-7-12-20-33)42(55)43(56)44(57)48(60)50-37(34-21-13-8-14-22-34)28-40(54)64-45(35-23-15-9-16-24-35)36-25-17-10-18-26-36/h7-26,31-32,37-39,41-45,55-57H,6,27-30H2,1-5H3,(H,50,60)(H,51,59)(H,52,58)(H,53,61)/t37-,38-,39-,41-,42+,43+,44-/m0/s1. The van der Waals surface area contributed by atoms with Gasteiger partial charge in [-0.05, 0) is 47.4 Å². The molecule has 7 atom stereocenters. The lowest BCUT2D eigenvalue weighted by molar-refractivity contribution is -0.149. The molecular weight excluding hydrogens is 821 g/mol. The number of amides is 4. The van der Waals surface area contributed by atoms with Gasteiger partial charge < -0.3 is 50.8 Å². The Bertz CT molecular complexity index is 2000. The Morgan fingerprint density at radius 1 is 0.609 bits per heavy atom. The maximum absolute atomic E-state index is 13.9. The monoisotopic (exact) mass is 882 g/mol. The molecule has 15 heteroatoms. The molecule has 0 fully saturated rings. The van der Waals surface area contributed by atoms with Crippen LogP contribution in [-0.4, -0.2) is 94.8 Å². The van der Waals surface area contributed by atoms with Gasteiger partial charge >= 0.3 is 12.1 Å². The van der Waals surface area contributed by atoms with Gasteiger partial charge in [0.25, 0.3) is 5.91 Å². The molecule has 0 aliphatic carbocycles. The molecule has 0 aliphatic heterocycles. The smallest absolute Gasteiger partial charge is 0.408 e. The minimum atomic E-state index is -2.25. The quantitative estimate of drug-likeness (QED) is 0.0480. The van der Waals surface area contributed by atoms with Crippen molar-refractivity contribution in [3.8, 4) is 0 Å². The third-order valence-corrected chi connectivity index (χ3v) is 10.3. The number of carbonyl (C=O) groups excluding carboxylic acids is 5. The lowest BCUT2D eigenvalue weighted by Gasteiger charge is -2.32. The summed E-state index contributed by atoms with van der Waals surface area (Å²) in [5, 5.41) is 44.4. The molecule has 0 unspecified atom stereocenters. The molecule has 4 aromatic carbocycles. The van der Waals surface area contributed by atoms with Crippen molar-refractivity contribution in [1.82, 2.24) is 21.3 Å². The molecule has 0 saturated heterocycles. The SMILES string of the molecule is CCOC[C@H](NC(=O)[C@H](CC(C)C)NC(=O)[C@@H](NC(=O)OCc1ccccc1)C(C)C)[C@@H](O)[C@@H](O)[C@H](O)C(=O)N[C@@H](CC(=O)OC(c1ccccc1)c1ccccc1)c1ccccc1. The number of nitrogens with one attached hydrogen (secondary N) is 4. The summed E-state index contributed by atoms with van der Waals surface area (Å²) in [6.45, 7) is 8.58. The molecule has 0 aliphatic rings. The Morgan fingerprint density at radius 3 is 1.66 bits per heavy atom. The Balaban J connectivity index is 1.45. The van der Waals surface area contributed by atoms with E-state index in [2.05, 4.69) is 21.3 Å². The number of benzene rings is 4. The van der Waals surface area contributed by atoms with Crippen LogP contribution in [-0.2, 0) is 40.0 Å². The van der Waals surface area contributed by atoms with E-state index < -0.39 is 84.3 Å². The van der Waals surface area contributed by atoms with Gasteiger partial charge in [-0.3, -0.25) is 19.2 Å². The van der Waals surface area contributed by atoms with Gasteiger partial charge in [-0.2, -0.15) is 0 Å². The predicted octanol–water partition coefficient (Wildman–Crippen LogP) is 4.65. The Labute approximate surface area is 374 Å². The largest absolute Gasteiger partial charge is 0.452 e. The molecule has 4 rings (SSSR count). The zero-order chi connectivity index (χ0) is 46.6. The maximum Gasteiger partial charge on any atom is 0.408 e. The van der Waals surface area contributed by atoms with Crippen molar-refractivity contribution in [2.75, 3.05) is 13.2 Å². The van der Waals surface area contributed by atoms with Gasteiger partial charge in [0, 0.05) is 6.61 Å². The van der Waals surface area contributed by atoms with Crippen LogP contribution in [0.25, 0.3) is 0 Å². The van der Waals surface area contributed by atoms with E-state index in [4.69, 9.17) is 14.2 Å². The molecule has 0 spiro atoms. The van der Waals surface area contributed by atoms with E-state index in [-0.39, 0.29) is 38.6 Å². The molecule has 0 aromatic heterocycles. The summed E-state index contributed by atoms with van der Waals surface area (Å²) in [6, 6.07) is 31.2. The van der Waals surface area contributed by atoms with Gasteiger partial charge in [0.2, 0.25) is 11.8 Å². The number of hydrogen-bond donors (Lipinski definition) is 7. The zero-order valence-corrected chi connectivity index (χ0v) is 37.0. The fourth-order valence-electron chi connectivity index (χ4n) is 6.85. The molecule has 15 nitrogen and oxygen atoms in total. The summed E-state index contributed by atoms with van der Waals surface area (Å²) in [5.41, 5.74) is 2.72. The summed E-state index contributed by atoms with van der Waals surface area (Å²) in [4.78, 5) is 67.5. The third kappa shape index (κ3) is 15.9. The summed E-state index contributed by atoms with van der Waals surface area (Å²) in [6.07, 6.45) is -8.16. The van der Waals surface area contributed by atoms with E-state index in [9.17, 15) is 39.3 Å². The highest BCUT2D eigenvalue weighted by Gasteiger charge is 2.39. The summed E-state index contributed by atoms with van der Waals surface area (Å²) in [7, 11) is 0. The lowest BCUT2D eigenvalue weighted by Crippen LogP contribution is -2.60. The number of alkyl carbamates (subject to hydrolysis) is 1. The van der Waals surface area contributed by atoms with Crippen LogP contribution in [0.1, 0.15) is 81.9 Å². The fourth-order valence-corrected chi connectivity index (χ4v) is 6.85. The Morgan fingerprint density at radius 2 is 1.14 bits per heavy atom. The van der Waals surface area contributed by atoms with Crippen molar-refractivity contribution < 1.29 is 53.5 Å². The van der Waals surface area contributed by atoms with Crippen LogP contribution in [0, 0.1) is 11.8 Å². The van der Waals surface area contributed by atoms with Crippen molar-refractivity contribution in [3.05, 3.63) is 144 Å². The molecule has 0 heterocycles. The van der Waals surface area contributed by atoms with Gasteiger partial charge in [-0.15, -0.1) is 0 Å². The van der Waals surface area contributed by atoms with E-state index in [1.54, 1.807) is 75.4 Å². The second-order valence-corrected chi connectivity index (χ2v) is 16.2. The van der Waals surface area contributed by atoms with E-state index in [1.807, 2.05) is 80.6 Å². The topological polar surface area (TPSA) is 222 Å². The number of ether oxygens (including phenoxy) is 3. The van der Waals surface area contributed by atoms with E-state index in [0.717, 1.165) is 16.7 Å². The normalized spacial score (nSPS) is 14.6. The van der Waals surface area contributed by atoms with Gasteiger partial charge in [-0.25, -0.2) is 4.79 Å². The summed E-state index contributed by atoms with van der Waals surface area (Å²) < 4.78 is 16.8. The van der Waals surface area contributed by atoms with Crippen LogP contribution in [0.4, 0.5) is 4.79 Å². The fraction of sp³-hybridized carbons (Fsp3) is 0.408. The van der Waals surface area contributed by atoms with Gasteiger partial charge in [0.15, 0.2) is 12.2 Å². The number of aliphatic hydroxyl groups is 3. The zero-order valence-electron chi connectivity index (χ0n) is 37.0. The molecule has 64 heavy (non-hydrogen) atoms. The van der Waals surface area contributed by atoms with Crippen molar-refractivity contribution >= 4 is 29.8 Å². The minimum absolute atomic E-state index is 0.0176. The molecule has 4 amide bonds. The van der Waals surface area contributed by atoms with Gasteiger partial charge in [-0.1, -0.05) is 149 Å². The summed E-state index contributed by atoms with van der Waals surface area (Å²) >= 11 is 0. The van der Waals surface area contributed by atoms with Crippen molar-refractivity contribution in [1.29, 1.82) is 0 Å². The van der Waals surface area contributed by atoms with Crippen LogP contribution in [0.3, 0.4) is 0 Å². The highest BCUT2D eigenvalue weighted by molar-refractivity contribution is 5.91. The van der Waals surface area contributed by atoms with E-state index in [0.29, 0.717) is 5.56 Å². The van der Waals surface area contributed by atoms with Crippen LogP contribution >= 0.6 is 0 Å². The second kappa shape index (κ2) is 25.8. The van der Waals surface area contributed by atoms with Gasteiger partial charge in [0.1, 0.15) is 30.9 Å². The number of carbonyl (C=O) groups is 5. The number of aliphatic hydroxyl groups excluding tert-OH is 3. The van der Waals surface area contributed by atoms with E-state index >= 15 is 0 Å². The van der Waals surface area contributed by atoms with Crippen LogP contribution < -0.4 is 21.3 Å². The highest BCUT2D eigenvalue weighted by Crippen LogP contribution is 2.28. The number of rotatable bonds is 24. The average molecular weight is 883 g/mol. The predicted molar refractivity (Wildman–Crippen MR) is 239 cm³/mol. The Kier molecular flexibility index (Phi) is 20.4. The van der Waals surface area contributed by atoms with E-state index in [1.165, 1.54) is 0 Å². The Hall–Kier alpha value is -6.13. The second-order valence-electron chi connectivity index (χ2n) is 16.2. The summed E-state index contributed by atoms with van der Waals surface area (Å²) in [5.74, 6) is -3.71. The maximum atomic E-state index is 13.9. The average Bonchev–Trinajstić information content (AvgIpc) is 3.30. The molecule has 4 aromatic rings. The molecule has 7 N–H and O–H groups in total. The van der Waals surface area contributed by atoms with Crippen LogP contribution in [0.5, 0.6) is 0 Å². The molecule has 0 saturated carbocycles. The minimum Gasteiger partial charge on any atom is -0.452 e.